The zero-order valence-corrected chi connectivity index (χ0v) is 16.7. The molecule has 1 fully saturated rings. The Bertz CT molecular complexity index is 616. The fraction of sp³-hybridized carbons (Fsp3) is 0.667. The predicted molar refractivity (Wildman–Crippen MR) is 104 cm³/mol. The highest BCUT2D eigenvalue weighted by atomic mass is 16.7. The molecule has 2 rings (SSSR count). The number of hydrogen-bond donors (Lipinski definition) is 2. The number of benzene rings is 1. The first kappa shape index (κ1) is 20.3. The van der Waals surface area contributed by atoms with E-state index in [0.717, 1.165) is 5.46 Å². The van der Waals surface area contributed by atoms with Gasteiger partial charge in [-0.3, -0.25) is 0 Å². The maximum Gasteiger partial charge on any atom is 0.494 e. The highest BCUT2D eigenvalue weighted by molar-refractivity contribution is 6.65. The minimum Gasteiger partial charge on any atom is -0.423 e. The Kier molecular flexibility index (Phi) is 5.37. The molecule has 1 aliphatic heterocycles. The molecule has 0 radical (unpaired) electrons. The first-order valence-corrected chi connectivity index (χ1v) is 8.87. The van der Waals surface area contributed by atoms with E-state index in [1.807, 2.05) is 53.7 Å². The first-order valence-electron chi connectivity index (χ1n) is 8.87. The van der Waals surface area contributed by atoms with Gasteiger partial charge >= 0.3 is 14.2 Å². The van der Waals surface area contributed by atoms with E-state index in [1.165, 1.54) is 0 Å². The quantitative estimate of drug-likeness (QED) is 0.627. The summed E-state index contributed by atoms with van der Waals surface area (Å²) in [5, 5.41) is 10.5. The Balaban J connectivity index is 2.27. The van der Waals surface area contributed by atoms with Gasteiger partial charge in [0.1, 0.15) is 0 Å². The molecule has 1 aliphatic rings. The summed E-state index contributed by atoms with van der Waals surface area (Å²) in [5.74, 6) is 0.255. The van der Waals surface area contributed by atoms with Crippen molar-refractivity contribution in [2.45, 2.75) is 72.2 Å². The average molecular weight is 347 g/mol. The summed E-state index contributed by atoms with van der Waals surface area (Å²) in [6, 6.07) is 5.36. The normalized spacial score (nSPS) is 19.5. The molecule has 7 heteroatoms. The number of hydrogen-bond acceptors (Lipinski definition) is 5. The van der Waals surface area contributed by atoms with Crippen molar-refractivity contribution in [1.82, 2.24) is 0 Å². The van der Waals surface area contributed by atoms with E-state index in [-0.39, 0.29) is 5.92 Å². The van der Waals surface area contributed by atoms with E-state index in [2.05, 4.69) is 13.8 Å². The van der Waals surface area contributed by atoms with Gasteiger partial charge in [-0.15, -0.1) is 0 Å². The summed E-state index contributed by atoms with van der Waals surface area (Å²) < 4.78 is 18.0. The van der Waals surface area contributed by atoms with Crippen LogP contribution in [0.1, 0.15) is 55.4 Å². The van der Waals surface area contributed by atoms with Crippen molar-refractivity contribution in [2.75, 3.05) is 5.73 Å². The van der Waals surface area contributed by atoms with Crippen LogP contribution in [0.15, 0.2) is 18.2 Å². The monoisotopic (exact) mass is 347 g/mol. The van der Waals surface area contributed by atoms with Gasteiger partial charge in [0.05, 0.1) is 16.8 Å². The first-order chi connectivity index (χ1) is 11.2. The van der Waals surface area contributed by atoms with E-state index >= 15 is 0 Å². The van der Waals surface area contributed by atoms with Crippen LogP contribution in [0.5, 0.6) is 0 Å². The molecule has 0 bridgehead atoms. The van der Waals surface area contributed by atoms with Crippen molar-refractivity contribution >= 4 is 30.8 Å². The molecule has 3 N–H and O–H groups in total. The summed E-state index contributed by atoms with van der Waals surface area (Å²) in [4.78, 5) is 0. The van der Waals surface area contributed by atoms with Gasteiger partial charge in [-0.05, 0) is 70.5 Å². The van der Waals surface area contributed by atoms with Crippen molar-refractivity contribution in [2.24, 2.45) is 5.92 Å². The molecule has 0 atom stereocenters. The maximum absolute atomic E-state index is 10.5. The molecule has 5 nitrogen and oxygen atoms in total. The van der Waals surface area contributed by atoms with Gasteiger partial charge in [0.2, 0.25) is 0 Å². The fourth-order valence-corrected chi connectivity index (χ4v) is 2.45. The fourth-order valence-electron chi connectivity index (χ4n) is 2.45. The molecule has 0 aromatic heterocycles. The molecular formula is C18H31B2NO4. The summed E-state index contributed by atoms with van der Waals surface area (Å²) >= 11 is 0. The minimum atomic E-state index is -1.07. The lowest BCUT2D eigenvalue weighted by Gasteiger charge is -2.32. The van der Waals surface area contributed by atoms with Gasteiger partial charge in [-0.1, -0.05) is 19.9 Å². The Labute approximate surface area is 152 Å². The second-order valence-corrected chi connectivity index (χ2v) is 8.75. The third kappa shape index (κ3) is 4.22. The van der Waals surface area contributed by atoms with E-state index < -0.39 is 31.0 Å². The van der Waals surface area contributed by atoms with Gasteiger partial charge in [-0.2, -0.15) is 0 Å². The Morgan fingerprint density at radius 3 is 2.12 bits per heavy atom. The summed E-state index contributed by atoms with van der Waals surface area (Å²) in [6.07, 6.45) is 0. The van der Waals surface area contributed by atoms with Crippen LogP contribution in [-0.4, -0.2) is 36.1 Å². The van der Waals surface area contributed by atoms with Gasteiger partial charge < -0.3 is 24.7 Å². The molecule has 0 saturated carbocycles. The molecule has 0 aliphatic carbocycles. The molecule has 1 aromatic rings. The lowest BCUT2D eigenvalue weighted by molar-refractivity contribution is 0.00578. The van der Waals surface area contributed by atoms with Crippen LogP contribution in [-0.2, 0) is 14.0 Å². The molecule has 0 unspecified atom stereocenters. The molecule has 0 spiro atoms. The zero-order valence-electron chi connectivity index (χ0n) is 16.7. The number of rotatable bonds is 5. The zero-order chi connectivity index (χ0) is 19.2. The highest BCUT2D eigenvalue weighted by Gasteiger charge is 2.51. The van der Waals surface area contributed by atoms with Crippen molar-refractivity contribution < 1.29 is 19.0 Å². The third-order valence-electron chi connectivity index (χ3n) is 5.62. The van der Waals surface area contributed by atoms with Gasteiger partial charge in [0.25, 0.3) is 0 Å². The van der Waals surface area contributed by atoms with Crippen LogP contribution in [0.4, 0.5) is 5.69 Å². The highest BCUT2D eigenvalue weighted by Crippen LogP contribution is 2.36. The number of anilines is 1. The van der Waals surface area contributed by atoms with Crippen LogP contribution < -0.4 is 16.7 Å². The molecule has 138 valence electrons. The lowest BCUT2D eigenvalue weighted by Crippen LogP contribution is -2.46. The molecular weight excluding hydrogens is 316 g/mol. The van der Waals surface area contributed by atoms with Crippen molar-refractivity contribution in [3.63, 3.8) is 0 Å². The molecule has 0 amide bonds. The standard InChI is InChI=1S/C18H31B2NO4/c1-12(2)16(3,4)23-19(22)13-9-14(11-15(21)10-13)20-24-17(5,6)18(7,8)25-20/h9-12,22H,21H2,1-8H3. The molecule has 1 aromatic carbocycles. The minimum absolute atomic E-state index is 0.255. The van der Waals surface area contributed by atoms with Gasteiger partial charge in [-0.25, -0.2) is 0 Å². The summed E-state index contributed by atoms with van der Waals surface area (Å²) in [7, 11) is -1.60. The Morgan fingerprint density at radius 1 is 1.12 bits per heavy atom. The number of nitrogen functional groups attached to an aromatic ring is 1. The maximum atomic E-state index is 10.5. The largest absolute Gasteiger partial charge is 0.494 e. The van der Waals surface area contributed by atoms with Crippen LogP contribution in [0.2, 0.25) is 0 Å². The molecule has 1 saturated heterocycles. The Hall–Kier alpha value is -1.01. The van der Waals surface area contributed by atoms with E-state index in [1.54, 1.807) is 6.07 Å². The van der Waals surface area contributed by atoms with Crippen LogP contribution in [0.3, 0.4) is 0 Å². The van der Waals surface area contributed by atoms with Crippen molar-refractivity contribution in [3.8, 4) is 0 Å². The van der Waals surface area contributed by atoms with E-state index in [9.17, 15) is 5.02 Å². The SMILES string of the molecule is CC(C)C(C)(C)OB(O)c1cc(N)cc(B2OC(C)(C)C(C)(C)O2)c1. The van der Waals surface area contributed by atoms with E-state index in [4.69, 9.17) is 19.7 Å². The van der Waals surface area contributed by atoms with Crippen LogP contribution in [0, 0.1) is 5.92 Å². The summed E-state index contributed by atoms with van der Waals surface area (Å²) in [5.41, 5.74) is 6.62. The Morgan fingerprint density at radius 2 is 1.64 bits per heavy atom. The van der Waals surface area contributed by atoms with Crippen molar-refractivity contribution in [1.29, 1.82) is 0 Å². The second kappa shape index (κ2) is 6.62. The topological polar surface area (TPSA) is 73.9 Å². The lowest BCUT2D eigenvalue weighted by atomic mass is 9.71. The van der Waals surface area contributed by atoms with Crippen molar-refractivity contribution in [3.05, 3.63) is 18.2 Å². The smallest absolute Gasteiger partial charge is 0.423 e. The molecule has 1 heterocycles. The van der Waals surface area contributed by atoms with Gasteiger partial charge in [0.15, 0.2) is 0 Å². The summed E-state index contributed by atoms with van der Waals surface area (Å²) in [6.45, 7) is 16.0. The van der Waals surface area contributed by atoms with Crippen LogP contribution >= 0.6 is 0 Å². The predicted octanol–water partition coefficient (Wildman–Crippen LogP) is 1.71. The van der Waals surface area contributed by atoms with Crippen LogP contribution in [0.25, 0.3) is 0 Å². The third-order valence-corrected chi connectivity index (χ3v) is 5.62. The van der Waals surface area contributed by atoms with Gasteiger partial charge in [0, 0.05) is 5.69 Å². The average Bonchev–Trinajstić information content (AvgIpc) is 2.66. The second-order valence-electron chi connectivity index (χ2n) is 8.75. The van der Waals surface area contributed by atoms with E-state index in [0.29, 0.717) is 11.2 Å². The molecule has 25 heavy (non-hydrogen) atoms. The number of nitrogens with two attached hydrogens (primary N) is 1.